The average Bonchev–Trinajstić information content (AvgIpc) is 2.21. The van der Waals surface area contributed by atoms with E-state index in [1.54, 1.807) is 0 Å². The van der Waals surface area contributed by atoms with Crippen molar-refractivity contribution in [3.05, 3.63) is 0 Å². The fourth-order valence-electron chi connectivity index (χ4n) is 1.78. The number of hydrogen-bond acceptors (Lipinski definition) is 4. The SMILES string of the molecule is CCOCCN(CC)CC1(CO)COC1. The number of hydrogen-bond donors (Lipinski definition) is 1. The Morgan fingerprint density at radius 2 is 2.13 bits per heavy atom. The van der Waals surface area contributed by atoms with E-state index in [9.17, 15) is 5.11 Å². The van der Waals surface area contributed by atoms with Gasteiger partial charge >= 0.3 is 0 Å². The van der Waals surface area contributed by atoms with Gasteiger partial charge in [-0.2, -0.15) is 0 Å². The van der Waals surface area contributed by atoms with Crippen LogP contribution in [0.15, 0.2) is 0 Å². The number of ether oxygens (including phenoxy) is 2. The Hall–Kier alpha value is -0.160. The van der Waals surface area contributed by atoms with Crippen molar-refractivity contribution in [1.82, 2.24) is 4.90 Å². The number of likely N-dealkylation sites (N-methyl/N-ethyl adjacent to an activating group) is 1. The largest absolute Gasteiger partial charge is 0.396 e. The van der Waals surface area contributed by atoms with Crippen molar-refractivity contribution >= 4 is 0 Å². The van der Waals surface area contributed by atoms with Gasteiger partial charge in [-0.15, -0.1) is 0 Å². The van der Waals surface area contributed by atoms with Crippen LogP contribution in [0.3, 0.4) is 0 Å². The standard InChI is InChI=1S/C11H23NO3/c1-3-12(5-6-14-4-2)7-11(8-13)9-15-10-11/h13H,3-10H2,1-2H3. The molecule has 1 saturated heterocycles. The minimum Gasteiger partial charge on any atom is -0.396 e. The fourth-order valence-corrected chi connectivity index (χ4v) is 1.78. The molecule has 0 aliphatic carbocycles. The molecule has 1 fully saturated rings. The zero-order chi connectivity index (χ0) is 11.1. The summed E-state index contributed by atoms with van der Waals surface area (Å²) in [6.07, 6.45) is 0. The van der Waals surface area contributed by atoms with Crippen molar-refractivity contribution in [2.45, 2.75) is 13.8 Å². The minimum absolute atomic E-state index is 0.0117. The lowest BCUT2D eigenvalue weighted by Gasteiger charge is -2.43. The number of aliphatic hydroxyl groups excluding tert-OH is 1. The second-order valence-electron chi connectivity index (χ2n) is 4.22. The molecule has 0 unspecified atom stereocenters. The Bertz CT molecular complexity index is 166. The molecule has 0 aromatic heterocycles. The molecule has 0 radical (unpaired) electrons. The molecule has 0 atom stereocenters. The van der Waals surface area contributed by atoms with Gasteiger partial charge in [-0.25, -0.2) is 0 Å². The van der Waals surface area contributed by atoms with Crippen LogP contribution >= 0.6 is 0 Å². The second kappa shape index (κ2) is 6.43. The highest BCUT2D eigenvalue weighted by molar-refractivity contribution is 4.87. The van der Waals surface area contributed by atoms with E-state index < -0.39 is 0 Å². The topological polar surface area (TPSA) is 41.9 Å². The van der Waals surface area contributed by atoms with Crippen LogP contribution in [-0.4, -0.2) is 62.7 Å². The van der Waals surface area contributed by atoms with Crippen molar-refractivity contribution in [3.63, 3.8) is 0 Å². The summed E-state index contributed by atoms with van der Waals surface area (Å²) in [5.74, 6) is 0. The third-order valence-electron chi connectivity index (χ3n) is 2.91. The van der Waals surface area contributed by atoms with Crippen molar-refractivity contribution in [1.29, 1.82) is 0 Å². The molecule has 90 valence electrons. The predicted molar refractivity (Wildman–Crippen MR) is 58.9 cm³/mol. The lowest BCUT2D eigenvalue weighted by Crippen LogP contribution is -2.53. The predicted octanol–water partition coefficient (Wildman–Crippen LogP) is 0.354. The number of nitrogens with zero attached hydrogens (tertiary/aromatic N) is 1. The molecule has 1 heterocycles. The Morgan fingerprint density at radius 3 is 2.53 bits per heavy atom. The van der Waals surface area contributed by atoms with Crippen LogP contribution in [0.4, 0.5) is 0 Å². The van der Waals surface area contributed by atoms with Gasteiger partial charge in [0.25, 0.3) is 0 Å². The van der Waals surface area contributed by atoms with Gasteiger partial charge in [-0.3, -0.25) is 0 Å². The normalized spacial score (nSPS) is 19.2. The Labute approximate surface area is 92.2 Å². The summed E-state index contributed by atoms with van der Waals surface area (Å²) in [4.78, 5) is 2.31. The molecule has 1 N–H and O–H groups in total. The maximum atomic E-state index is 9.31. The molecule has 15 heavy (non-hydrogen) atoms. The van der Waals surface area contributed by atoms with Crippen LogP contribution in [-0.2, 0) is 9.47 Å². The first kappa shape index (κ1) is 12.9. The van der Waals surface area contributed by atoms with Gasteiger partial charge in [0.15, 0.2) is 0 Å². The van der Waals surface area contributed by atoms with Gasteiger partial charge in [0.05, 0.1) is 31.8 Å². The van der Waals surface area contributed by atoms with Crippen molar-refractivity contribution in [2.24, 2.45) is 5.41 Å². The van der Waals surface area contributed by atoms with E-state index in [0.29, 0.717) is 13.2 Å². The zero-order valence-corrected chi connectivity index (χ0v) is 9.87. The van der Waals surface area contributed by atoms with E-state index in [1.165, 1.54) is 0 Å². The molecule has 4 nitrogen and oxygen atoms in total. The minimum atomic E-state index is -0.0117. The summed E-state index contributed by atoms with van der Waals surface area (Å²) >= 11 is 0. The van der Waals surface area contributed by atoms with Crippen LogP contribution < -0.4 is 0 Å². The highest BCUT2D eigenvalue weighted by atomic mass is 16.5. The average molecular weight is 217 g/mol. The first-order valence-electron chi connectivity index (χ1n) is 5.75. The van der Waals surface area contributed by atoms with Gasteiger partial charge in [-0.1, -0.05) is 6.92 Å². The fraction of sp³-hybridized carbons (Fsp3) is 1.00. The van der Waals surface area contributed by atoms with E-state index in [4.69, 9.17) is 9.47 Å². The Morgan fingerprint density at radius 1 is 1.40 bits per heavy atom. The molecular formula is C11H23NO3. The first-order chi connectivity index (χ1) is 7.26. The summed E-state index contributed by atoms with van der Waals surface area (Å²) in [6, 6.07) is 0. The first-order valence-corrected chi connectivity index (χ1v) is 5.75. The molecular weight excluding hydrogens is 194 g/mol. The Balaban J connectivity index is 2.25. The molecule has 0 amide bonds. The molecule has 0 spiro atoms. The molecule has 1 aliphatic rings. The van der Waals surface area contributed by atoms with Crippen molar-refractivity contribution < 1.29 is 14.6 Å². The van der Waals surface area contributed by atoms with E-state index >= 15 is 0 Å². The molecule has 1 aliphatic heterocycles. The van der Waals surface area contributed by atoms with Gasteiger partial charge in [-0.05, 0) is 13.5 Å². The summed E-state index contributed by atoms with van der Waals surface area (Å²) < 4.78 is 10.5. The highest BCUT2D eigenvalue weighted by Gasteiger charge is 2.39. The molecule has 0 saturated carbocycles. The molecule has 0 aromatic rings. The van der Waals surface area contributed by atoms with E-state index in [-0.39, 0.29) is 12.0 Å². The summed E-state index contributed by atoms with van der Waals surface area (Å²) in [5.41, 5.74) is -0.0117. The summed E-state index contributed by atoms with van der Waals surface area (Å²) in [7, 11) is 0. The van der Waals surface area contributed by atoms with Gasteiger partial charge < -0.3 is 19.5 Å². The Kier molecular flexibility index (Phi) is 5.53. The van der Waals surface area contributed by atoms with Crippen LogP contribution in [0.5, 0.6) is 0 Å². The maximum absolute atomic E-state index is 9.31. The second-order valence-corrected chi connectivity index (χ2v) is 4.22. The van der Waals surface area contributed by atoms with Gasteiger partial charge in [0.2, 0.25) is 0 Å². The van der Waals surface area contributed by atoms with Crippen molar-refractivity contribution in [3.8, 4) is 0 Å². The summed E-state index contributed by atoms with van der Waals surface area (Å²) in [6.45, 7) is 10.1. The van der Waals surface area contributed by atoms with Crippen LogP contribution in [0.1, 0.15) is 13.8 Å². The zero-order valence-electron chi connectivity index (χ0n) is 9.87. The van der Waals surface area contributed by atoms with Crippen molar-refractivity contribution in [2.75, 3.05) is 52.7 Å². The molecule has 0 bridgehead atoms. The molecule has 1 rings (SSSR count). The number of rotatable bonds is 8. The van der Waals surface area contributed by atoms with Crippen LogP contribution in [0.2, 0.25) is 0 Å². The van der Waals surface area contributed by atoms with E-state index in [2.05, 4.69) is 11.8 Å². The molecule has 0 aromatic carbocycles. The number of aliphatic hydroxyl groups is 1. The van der Waals surface area contributed by atoms with E-state index in [0.717, 1.165) is 32.8 Å². The van der Waals surface area contributed by atoms with Crippen LogP contribution in [0, 0.1) is 5.41 Å². The van der Waals surface area contributed by atoms with Gasteiger partial charge in [0, 0.05) is 19.7 Å². The smallest absolute Gasteiger partial charge is 0.0593 e. The van der Waals surface area contributed by atoms with Crippen LogP contribution in [0.25, 0.3) is 0 Å². The lowest BCUT2D eigenvalue weighted by molar-refractivity contribution is -0.148. The maximum Gasteiger partial charge on any atom is 0.0593 e. The quantitative estimate of drug-likeness (QED) is 0.596. The van der Waals surface area contributed by atoms with Gasteiger partial charge in [0.1, 0.15) is 0 Å². The summed E-state index contributed by atoms with van der Waals surface area (Å²) in [5, 5.41) is 9.31. The third-order valence-corrected chi connectivity index (χ3v) is 2.91. The van der Waals surface area contributed by atoms with E-state index in [1.807, 2.05) is 6.92 Å². The third kappa shape index (κ3) is 3.72. The molecule has 4 heteroatoms. The monoisotopic (exact) mass is 217 g/mol. The lowest BCUT2D eigenvalue weighted by atomic mass is 9.86. The highest BCUT2D eigenvalue weighted by Crippen LogP contribution is 2.27.